The average Bonchev–Trinajstić information content (AvgIpc) is 3.12. The van der Waals surface area contributed by atoms with Gasteiger partial charge in [0.05, 0.1) is 13.2 Å². The average molecular weight is 441 g/mol. The lowest BCUT2D eigenvalue weighted by Crippen LogP contribution is -2.40. The second-order valence-corrected chi connectivity index (χ2v) is 7.53. The van der Waals surface area contributed by atoms with Gasteiger partial charge in [0.1, 0.15) is 24.0 Å². The van der Waals surface area contributed by atoms with Crippen LogP contribution in [0.5, 0.6) is 0 Å². The standard InChI is InChI=1S/C22H23N3O7/c1-31-19-18(28)17(11-26)32-21(19)25-10-16(20(29)23-22(25)30)24(12-27)9-13-6-7-14-4-2-3-5-15(14)8-13/h2-8,10,12,17-19,21,26,28H,9,11H2,1H3,(H,23,29,30)/t17-,18+,19-,21-/m1/s1. The van der Waals surface area contributed by atoms with Crippen molar-refractivity contribution in [2.24, 2.45) is 0 Å². The van der Waals surface area contributed by atoms with Crippen LogP contribution in [0.25, 0.3) is 10.8 Å². The van der Waals surface area contributed by atoms with E-state index in [0.717, 1.165) is 20.9 Å². The second kappa shape index (κ2) is 9.05. The minimum absolute atomic E-state index is 0.0758. The third-order valence-corrected chi connectivity index (χ3v) is 5.59. The van der Waals surface area contributed by atoms with Crippen LogP contribution in [-0.2, 0) is 20.8 Å². The Balaban J connectivity index is 1.69. The first kappa shape index (κ1) is 21.9. The number of methoxy groups -OCH3 is 1. The van der Waals surface area contributed by atoms with Gasteiger partial charge >= 0.3 is 5.69 Å². The summed E-state index contributed by atoms with van der Waals surface area (Å²) < 4.78 is 11.9. The van der Waals surface area contributed by atoms with Gasteiger partial charge in [-0.15, -0.1) is 0 Å². The Morgan fingerprint density at radius 3 is 2.66 bits per heavy atom. The van der Waals surface area contributed by atoms with Crippen LogP contribution in [0.4, 0.5) is 5.69 Å². The summed E-state index contributed by atoms with van der Waals surface area (Å²) in [6, 6.07) is 13.4. The third kappa shape index (κ3) is 3.96. The summed E-state index contributed by atoms with van der Waals surface area (Å²) in [4.78, 5) is 40.2. The SMILES string of the molecule is CO[C@@H]1[C@@H](O)[C@@H](CO)O[C@H]1n1cc(N(C=O)Cc2ccc3ccccc3c2)c(=O)[nH]c1=O. The normalized spacial score (nSPS) is 22.8. The number of H-pyrrole nitrogens is 1. The highest BCUT2D eigenvalue weighted by Crippen LogP contribution is 2.30. The van der Waals surface area contributed by atoms with Gasteiger partial charge in [0.15, 0.2) is 6.23 Å². The van der Waals surface area contributed by atoms with Crippen molar-refractivity contribution < 1.29 is 24.5 Å². The van der Waals surface area contributed by atoms with E-state index < -0.39 is 42.4 Å². The van der Waals surface area contributed by atoms with Crippen LogP contribution in [0.15, 0.2) is 58.3 Å². The molecule has 1 aliphatic heterocycles. The summed E-state index contributed by atoms with van der Waals surface area (Å²) in [6.45, 7) is -0.387. The number of amides is 1. The molecule has 1 amide bonds. The van der Waals surface area contributed by atoms with Crippen molar-refractivity contribution in [3.8, 4) is 0 Å². The number of aromatic nitrogens is 2. The number of aromatic amines is 1. The number of hydrogen-bond acceptors (Lipinski definition) is 7. The molecule has 0 aliphatic carbocycles. The number of ether oxygens (including phenoxy) is 2. The number of nitrogens with one attached hydrogen (secondary N) is 1. The maximum Gasteiger partial charge on any atom is 0.330 e. The molecule has 4 rings (SSSR count). The van der Waals surface area contributed by atoms with E-state index in [2.05, 4.69) is 4.98 Å². The number of carbonyl (C=O) groups is 1. The fraction of sp³-hybridized carbons (Fsp3) is 0.318. The number of hydrogen-bond donors (Lipinski definition) is 3. The molecule has 1 aromatic heterocycles. The Morgan fingerprint density at radius 2 is 1.97 bits per heavy atom. The molecule has 1 saturated heterocycles. The first-order valence-corrected chi connectivity index (χ1v) is 9.99. The molecule has 0 radical (unpaired) electrons. The summed E-state index contributed by atoms with van der Waals surface area (Å²) in [7, 11) is 1.33. The van der Waals surface area contributed by atoms with Crippen molar-refractivity contribution in [2.45, 2.75) is 31.1 Å². The van der Waals surface area contributed by atoms with E-state index in [0.29, 0.717) is 6.41 Å². The maximum atomic E-state index is 12.5. The predicted molar refractivity (Wildman–Crippen MR) is 115 cm³/mol. The van der Waals surface area contributed by atoms with Gasteiger partial charge < -0.3 is 24.6 Å². The number of aliphatic hydroxyl groups excluding tert-OH is 2. The van der Waals surface area contributed by atoms with Crippen LogP contribution in [0, 0.1) is 0 Å². The molecule has 10 heteroatoms. The second-order valence-electron chi connectivity index (χ2n) is 7.53. The Hall–Kier alpha value is -3.31. The van der Waals surface area contributed by atoms with Crippen molar-refractivity contribution in [3.63, 3.8) is 0 Å². The zero-order chi connectivity index (χ0) is 22.8. The van der Waals surface area contributed by atoms with E-state index in [1.54, 1.807) is 0 Å². The molecule has 3 aromatic rings. The van der Waals surface area contributed by atoms with Crippen molar-refractivity contribution in [3.05, 3.63) is 75.1 Å². The number of nitrogens with zero attached hydrogens (tertiary/aromatic N) is 2. The number of anilines is 1. The predicted octanol–water partition coefficient (Wildman–Crippen LogP) is 0.118. The first-order chi connectivity index (χ1) is 15.5. The highest BCUT2D eigenvalue weighted by atomic mass is 16.6. The minimum Gasteiger partial charge on any atom is -0.394 e. The van der Waals surface area contributed by atoms with E-state index in [1.165, 1.54) is 18.2 Å². The van der Waals surface area contributed by atoms with Crippen LogP contribution in [0.2, 0.25) is 0 Å². The summed E-state index contributed by atoms with van der Waals surface area (Å²) in [6.07, 6.45) is -2.52. The summed E-state index contributed by atoms with van der Waals surface area (Å²) >= 11 is 0. The molecule has 2 heterocycles. The largest absolute Gasteiger partial charge is 0.394 e. The summed E-state index contributed by atoms with van der Waals surface area (Å²) in [5.41, 5.74) is -0.831. The fourth-order valence-electron chi connectivity index (χ4n) is 3.93. The molecular weight excluding hydrogens is 418 g/mol. The molecule has 1 aliphatic rings. The Morgan fingerprint density at radius 1 is 1.22 bits per heavy atom. The summed E-state index contributed by atoms with van der Waals surface area (Å²) in [5, 5.41) is 21.7. The number of rotatable bonds is 7. The Kier molecular flexibility index (Phi) is 6.19. The quantitative estimate of drug-likeness (QED) is 0.443. The van der Waals surface area contributed by atoms with Gasteiger partial charge in [0.25, 0.3) is 5.56 Å². The highest BCUT2D eigenvalue weighted by Gasteiger charge is 2.45. The van der Waals surface area contributed by atoms with E-state index in [1.807, 2.05) is 42.5 Å². The van der Waals surface area contributed by atoms with Gasteiger partial charge in [0.2, 0.25) is 6.41 Å². The molecule has 10 nitrogen and oxygen atoms in total. The summed E-state index contributed by atoms with van der Waals surface area (Å²) in [5.74, 6) is 0. The van der Waals surface area contributed by atoms with E-state index >= 15 is 0 Å². The van der Waals surface area contributed by atoms with E-state index in [4.69, 9.17) is 9.47 Å². The maximum absolute atomic E-state index is 12.5. The molecule has 168 valence electrons. The van der Waals surface area contributed by atoms with E-state index in [9.17, 15) is 24.6 Å². The van der Waals surface area contributed by atoms with Crippen molar-refractivity contribution in [1.29, 1.82) is 0 Å². The van der Waals surface area contributed by atoms with Crippen LogP contribution in [0.1, 0.15) is 11.8 Å². The minimum atomic E-state index is -1.18. The molecule has 3 N–H and O–H groups in total. The zero-order valence-electron chi connectivity index (χ0n) is 17.2. The number of aliphatic hydroxyl groups is 2. The molecule has 0 unspecified atom stereocenters. The lowest BCUT2D eigenvalue weighted by molar-refractivity contribution is -0.107. The van der Waals surface area contributed by atoms with Crippen LogP contribution in [-0.4, -0.2) is 58.2 Å². The molecule has 0 spiro atoms. The van der Waals surface area contributed by atoms with Crippen LogP contribution < -0.4 is 16.1 Å². The van der Waals surface area contributed by atoms with Crippen molar-refractivity contribution >= 4 is 22.9 Å². The topological polar surface area (TPSA) is 134 Å². The van der Waals surface area contributed by atoms with Gasteiger partial charge in [-0.25, -0.2) is 4.79 Å². The van der Waals surface area contributed by atoms with Crippen molar-refractivity contribution in [1.82, 2.24) is 9.55 Å². The number of benzene rings is 2. The first-order valence-electron chi connectivity index (χ1n) is 9.99. The van der Waals surface area contributed by atoms with Crippen LogP contribution >= 0.6 is 0 Å². The lowest BCUT2D eigenvalue weighted by atomic mass is 10.1. The molecule has 0 bridgehead atoms. The number of fused-ring (bicyclic) bond motifs is 1. The Bertz CT molecular complexity index is 1240. The molecular formula is C22H23N3O7. The van der Waals surface area contributed by atoms with Crippen molar-refractivity contribution in [2.75, 3.05) is 18.6 Å². The molecule has 2 aromatic carbocycles. The zero-order valence-corrected chi connectivity index (χ0v) is 17.2. The lowest BCUT2D eigenvalue weighted by Gasteiger charge is -2.23. The van der Waals surface area contributed by atoms with Gasteiger partial charge in [0, 0.05) is 13.3 Å². The van der Waals surface area contributed by atoms with Gasteiger partial charge in [-0.3, -0.25) is 19.1 Å². The third-order valence-electron chi connectivity index (χ3n) is 5.59. The molecule has 0 saturated carbocycles. The van der Waals surface area contributed by atoms with Gasteiger partial charge in [-0.05, 0) is 22.4 Å². The van der Waals surface area contributed by atoms with E-state index in [-0.39, 0.29) is 12.2 Å². The Labute approximate surface area is 182 Å². The monoisotopic (exact) mass is 441 g/mol. The molecule has 4 atom stereocenters. The number of carbonyl (C=O) groups excluding carboxylic acids is 1. The smallest absolute Gasteiger partial charge is 0.330 e. The fourth-order valence-corrected chi connectivity index (χ4v) is 3.93. The van der Waals surface area contributed by atoms with Gasteiger partial charge in [-0.2, -0.15) is 0 Å². The highest BCUT2D eigenvalue weighted by molar-refractivity contribution is 5.83. The molecule has 1 fully saturated rings. The molecule has 32 heavy (non-hydrogen) atoms. The van der Waals surface area contributed by atoms with Crippen LogP contribution in [0.3, 0.4) is 0 Å². The van der Waals surface area contributed by atoms with Gasteiger partial charge in [-0.1, -0.05) is 36.4 Å².